The first-order valence-corrected chi connectivity index (χ1v) is 8.77. The standard InChI is InChI=1S/C16H32N2OS/c1-19-14-13-17-16(20)18-15-11-9-7-5-3-2-4-6-8-10-12-15/h15H,2-14H2,1H3,(H2,17,18,20). The Balaban J connectivity index is 2.25. The van der Waals surface area contributed by atoms with Crippen molar-refractivity contribution in [2.24, 2.45) is 0 Å². The summed E-state index contributed by atoms with van der Waals surface area (Å²) in [5.74, 6) is 0. The molecule has 0 aromatic carbocycles. The third-order valence-electron chi connectivity index (χ3n) is 4.03. The van der Waals surface area contributed by atoms with Gasteiger partial charge in [-0.1, -0.05) is 57.8 Å². The number of hydrogen-bond donors (Lipinski definition) is 2. The van der Waals surface area contributed by atoms with E-state index >= 15 is 0 Å². The maximum Gasteiger partial charge on any atom is 0.166 e. The Morgan fingerprint density at radius 2 is 1.45 bits per heavy atom. The average Bonchev–Trinajstić information content (AvgIpc) is 2.42. The molecule has 2 N–H and O–H groups in total. The van der Waals surface area contributed by atoms with Crippen molar-refractivity contribution in [2.75, 3.05) is 20.3 Å². The molecule has 0 atom stereocenters. The molecule has 0 unspecified atom stereocenters. The molecule has 0 heterocycles. The van der Waals surface area contributed by atoms with Crippen LogP contribution >= 0.6 is 12.2 Å². The molecule has 0 saturated heterocycles. The molecule has 118 valence electrons. The number of nitrogens with one attached hydrogen (secondary N) is 2. The van der Waals surface area contributed by atoms with Crippen LogP contribution in [0.25, 0.3) is 0 Å². The highest BCUT2D eigenvalue weighted by Gasteiger charge is 2.10. The van der Waals surface area contributed by atoms with Crippen molar-refractivity contribution >= 4 is 17.3 Å². The lowest BCUT2D eigenvalue weighted by Crippen LogP contribution is -2.43. The summed E-state index contributed by atoms with van der Waals surface area (Å²) >= 11 is 5.36. The predicted molar refractivity (Wildman–Crippen MR) is 90.2 cm³/mol. The van der Waals surface area contributed by atoms with Crippen LogP contribution in [-0.2, 0) is 4.74 Å². The summed E-state index contributed by atoms with van der Waals surface area (Å²) in [5.41, 5.74) is 0. The third-order valence-corrected chi connectivity index (χ3v) is 4.29. The second kappa shape index (κ2) is 12.4. The van der Waals surface area contributed by atoms with Crippen LogP contribution in [0.4, 0.5) is 0 Å². The van der Waals surface area contributed by atoms with E-state index in [1.54, 1.807) is 7.11 Å². The van der Waals surface area contributed by atoms with Crippen LogP contribution in [0, 0.1) is 0 Å². The van der Waals surface area contributed by atoms with E-state index < -0.39 is 0 Å². The summed E-state index contributed by atoms with van der Waals surface area (Å²) < 4.78 is 5.02. The summed E-state index contributed by atoms with van der Waals surface area (Å²) in [4.78, 5) is 0. The smallest absolute Gasteiger partial charge is 0.166 e. The molecule has 0 aromatic heterocycles. The van der Waals surface area contributed by atoms with Crippen LogP contribution < -0.4 is 10.6 Å². The van der Waals surface area contributed by atoms with Gasteiger partial charge in [-0.2, -0.15) is 0 Å². The van der Waals surface area contributed by atoms with Gasteiger partial charge in [-0.05, 0) is 25.1 Å². The van der Waals surface area contributed by atoms with E-state index in [0.717, 1.165) is 11.7 Å². The van der Waals surface area contributed by atoms with Crippen molar-refractivity contribution in [1.82, 2.24) is 10.6 Å². The van der Waals surface area contributed by atoms with Crippen molar-refractivity contribution in [3.63, 3.8) is 0 Å². The van der Waals surface area contributed by atoms with Gasteiger partial charge in [-0.3, -0.25) is 0 Å². The normalized spacial score (nSPS) is 19.6. The second-order valence-electron chi connectivity index (χ2n) is 5.85. The minimum Gasteiger partial charge on any atom is -0.383 e. The molecule has 1 aliphatic carbocycles. The van der Waals surface area contributed by atoms with E-state index in [1.165, 1.54) is 70.6 Å². The molecule has 0 bridgehead atoms. The monoisotopic (exact) mass is 300 g/mol. The van der Waals surface area contributed by atoms with Gasteiger partial charge in [0.05, 0.1) is 6.61 Å². The zero-order valence-corrected chi connectivity index (χ0v) is 13.9. The van der Waals surface area contributed by atoms with Crippen molar-refractivity contribution in [2.45, 2.75) is 76.7 Å². The van der Waals surface area contributed by atoms with Crippen LogP contribution in [0.3, 0.4) is 0 Å². The first kappa shape index (κ1) is 17.7. The van der Waals surface area contributed by atoms with Gasteiger partial charge in [-0.25, -0.2) is 0 Å². The van der Waals surface area contributed by atoms with E-state index in [4.69, 9.17) is 17.0 Å². The molecule has 0 spiro atoms. The zero-order chi connectivity index (χ0) is 14.5. The number of ether oxygens (including phenoxy) is 1. The van der Waals surface area contributed by atoms with E-state index in [-0.39, 0.29) is 0 Å². The number of methoxy groups -OCH3 is 1. The SMILES string of the molecule is COCCNC(=S)NC1CCCCCCCCCCC1. The summed E-state index contributed by atoms with van der Waals surface area (Å²) in [6.45, 7) is 1.49. The highest BCUT2D eigenvalue weighted by molar-refractivity contribution is 7.80. The van der Waals surface area contributed by atoms with Crippen molar-refractivity contribution in [3.8, 4) is 0 Å². The summed E-state index contributed by atoms with van der Waals surface area (Å²) in [7, 11) is 1.71. The molecule has 1 rings (SSSR count). The minimum absolute atomic E-state index is 0.553. The number of thiocarbonyl (C=S) groups is 1. The second-order valence-corrected chi connectivity index (χ2v) is 6.26. The van der Waals surface area contributed by atoms with Crippen molar-refractivity contribution in [3.05, 3.63) is 0 Å². The summed E-state index contributed by atoms with van der Waals surface area (Å²) in [6, 6.07) is 0.553. The van der Waals surface area contributed by atoms with Crippen LogP contribution in [0.2, 0.25) is 0 Å². The van der Waals surface area contributed by atoms with E-state index in [9.17, 15) is 0 Å². The van der Waals surface area contributed by atoms with E-state index in [0.29, 0.717) is 12.6 Å². The van der Waals surface area contributed by atoms with Crippen LogP contribution in [0.5, 0.6) is 0 Å². The van der Waals surface area contributed by atoms with Gasteiger partial charge < -0.3 is 15.4 Å². The van der Waals surface area contributed by atoms with Crippen LogP contribution in [0.15, 0.2) is 0 Å². The lowest BCUT2D eigenvalue weighted by Gasteiger charge is -2.21. The topological polar surface area (TPSA) is 33.3 Å². The van der Waals surface area contributed by atoms with Gasteiger partial charge in [0.25, 0.3) is 0 Å². The zero-order valence-electron chi connectivity index (χ0n) is 13.1. The molecule has 0 radical (unpaired) electrons. The van der Waals surface area contributed by atoms with Gasteiger partial charge >= 0.3 is 0 Å². The first-order valence-electron chi connectivity index (χ1n) is 8.36. The van der Waals surface area contributed by atoms with Crippen LogP contribution in [0.1, 0.15) is 70.6 Å². The van der Waals surface area contributed by atoms with E-state index in [2.05, 4.69) is 10.6 Å². The highest BCUT2D eigenvalue weighted by Crippen LogP contribution is 2.16. The molecule has 20 heavy (non-hydrogen) atoms. The Bertz CT molecular complexity index is 237. The Hall–Kier alpha value is -0.350. The molecular weight excluding hydrogens is 268 g/mol. The van der Waals surface area contributed by atoms with E-state index in [1.807, 2.05) is 0 Å². The summed E-state index contributed by atoms with van der Waals surface area (Å²) in [5, 5.41) is 7.50. The van der Waals surface area contributed by atoms with Crippen molar-refractivity contribution < 1.29 is 4.74 Å². The molecule has 1 aliphatic rings. The van der Waals surface area contributed by atoms with Crippen molar-refractivity contribution in [1.29, 1.82) is 0 Å². The summed E-state index contributed by atoms with van der Waals surface area (Å²) in [6.07, 6.45) is 15.0. The number of hydrogen-bond acceptors (Lipinski definition) is 2. The fraction of sp³-hybridized carbons (Fsp3) is 0.938. The average molecular weight is 301 g/mol. The Morgan fingerprint density at radius 3 is 1.95 bits per heavy atom. The number of rotatable bonds is 4. The molecule has 0 aliphatic heterocycles. The molecular formula is C16H32N2OS. The molecule has 0 amide bonds. The minimum atomic E-state index is 0.553. The van der Waals surface area contributed by atoms with Gasteiger partial charge in [-0.15, -0.1) is 0 Å². The molecule has 0 aromatic rings. The molecule has 4 heteroatoms. The maximum absolute atomic E-state index is 5.36. The molecule has 1 saturated carbocycles. The largest absolute Gasteiger partial charge is 0.383 e. The highest BCUT2D eigenvalue weighted by atomic mass is 32.1. The van der Waals surface area contributed by atoms with Crippen LogP contribution in [-0.4, -0.2) is 31.4 Å². The Kier molecular flexibility index (Phi) is 11.0. The quantitative estimate of drug-likeness (QED) is 0.611. The van der Waals surface area contributed by atoms with Gasteiger partial charge in [0, 0.05) is 19.7 Å². The Labute approximate surface area is 130 Å². The predicted octanol–water partition coefficient (Wildman–Crippen LogP) is 3.77. The molecule has 3 nitrogen and oxygen atoms in total. The Morgan fingerprint density at radius 1 is 0.950 bits per heavy atom. The van der Waals surface area contributed by atoms with Gasteiger partial charge in [0.1, 0.15) is 0 Å². The lowest BCUT2D eigenvalue weighted by atomic mass is 9.98. The fourth-order valence-corrected chi connectivity index (χ4v) is 3.08. The third kappa shape index (κ3) is 9.54. The van der Waals surface area contributed by atoms with Gasteiger partial charge in [0.2, 0.25) is 0 Å². The molecule has 1 fully saturated rings. The first-order chi connectivity index (χ1) is 9.83. The maximum atomic E-state index is 5.36. The fourth-order valence-electron chi connectivity index (χ4n) is 2.81. The van der Waals surface area contributed by atoms with Gasteiger partial charge in [0.15, 0.2) is 5.11 Å². The lowest BCUT2D eigenvalue weighted by molar-refractivity contribution is 0.203.